The Morgan fingerprint density at radius 1 is 1.35 bits per heavy atom. The number of carboxylic acids is 1. The normalized spacial score (nSPS) is 26.0. The van der Waals surface area contributed by atoms with Gasteiger partial charge in [-0.3, -0.25) is 9.59 Å². The molecule has 1 fully saturated rings. The second kappa shape index (κ2) is 12.0. The molecule has 0 saturated heterocycles. The highest BCUT2D eigenvalue weighted by Crippen LogP contribution is 2.37. The summed E-state index contributed by atoms with van der Waals surface area (Å²) in [6.07, 6.45) is 9.37. The van der Waals surface area contributed by atoms with Gasteiger partial charge >= 0.3 is 5.97 Å². The van der Waals surface area contributed by atoms with Crippen molar-refractivity contribution in [3.05, 3.63) is 24.3 Å². The molecule has 0 unspecified atom stereocenters. The van der Waals surface area contributed by atoms with Crippen LogP contribution in [0.5, 0.6) is 0 Å². The summed E-state index contributed by atoms with van der Waals surface area (Å²) >= 11 is 0. The zero-order valence-corrected chi connectivity index (χ0v) is 15.9. The number of aliphatic hydroxyl groups is 1. The second-order valence-corrected chi connectivity index (χ2v) is 7.36. The number of allylic oxidation sites excluding steroid dienone is 3. The average Bonchev–Trinajstić information content (AvgIpc) is 2.86. The van der Waals surface area contributed by atoms with Crippen LogP contribution in [0, 0.1) is 17.8 Å². The van der Waals surface area contributed by atoms with Gasteiger partial charge in [-0.1, -0.05) is 51.0 Å². The molecule has 4 nitrogen and oxygen atoms in total. The lowest BCUT2D eigenvalue weighted by Gasteiger charge is -2.18. The molecule has 0 aromatic carbocycles. The molecule has 1 aliphatic rings. The molecule has 1 saturated carbocycles. The van der Waals surface area contributed by atoms with Crippen molar-refractivity contribution in [2.75, 3.05) is 0 Å². The number of ketones is 1. The molecule has 1 aliphatic carbocycles. The molecule has 0 amide bonds. The third-order valence-corrected chi connectivity index (χ3v) is 5.11. The lowest BCUT2D eigenvalue weighted by molar-refractivity contribution is -0.137. The molecule has 2 N–H and O–H groups in total. The summed E-state index contributed by atoms with van der Waals surface area (Å²) in [5, 5.41) is 18.6. The third kappa shape index (κ3) is 7.81. The van der Waals surface area contributed by atoms with E-state index in [1.54, 1.807) is 0 Å². The minimum Gasteiger partial charge on any atom is -0.481 e. The van der Waals surface area contributed by atoms with Crippen molar-refractivity contribution in [2.24, 2.45) is 17.8 Å². The molecule has 0 aromatic heterocycles. The van der Waals surface area contributed by atoms with E-state index in [-0.39, 0.29) is 30.0 Å². The van der Waals surface area contributed by atoms with Crippen LogP contribution >= 0.6 is 0 Å². The average molecular weight is 368 g/mol. The van der Waals surface area contributed by atoms with Crippen molar-refractivity contribution < 1.29 is 24.2 Å². The Kier molecular flexibility index (Phi) is 10.4. The van der Waals surface area contributed by atoms with Gasteiger partial charge in [0.1, 0.15) is 18.1 Å². The van der Waals surface area contributed by atoms with Crippen LogP contribution in [0.2, 0.25) is 0 Å². The molecular weight excluding hydrogens is 335 g/mol. The van der Waals surface area contributed by atoms with Crippen LogP contribution < -0.4 is 0 Å². The zero-order valence-electron chi connectivity index (χ0n) is 15.9. The minimum atomic E-state index is -1.26. The van der Waals surface area contributed by atoms with Gasteiger partial charge in [0.15, 0.2) is 0 Å². The Morgan fingerprint density at radius 2 is 2.08 bits per heavy atom. The molecule has 0 aromatic rings. The van der Waals surface area contributed by atoms with Crippen LogP contribution in [0.15, 0.2) is 24.3 Å². The van der Waals surface area contributed by atoms with Gasteiger partial charge < -0.3 is 10.2 Å². The molecule has 1 rings (SSSR count). The van der Waals surface area contributed by atoms with Crippen molar-refractivity contribution in [2.45, 2.75) is 77.5 Å². The summed E-state index contributed by atoms with van der Waals surface area (Å²) in [5.74, 6) is -0.534. The molecular formula is C21H33FO4. The fourth-order valence-electron chi connectivity index (χ4n) is 3.49. The SMILES string of the molecule is CCCC[C@@H](F)[C@H](O)/C=C/[C@H]1[C@H](C)CC(=O)[C@@H]1C/C=C\CCCC(=O)O. The van der Waals surface area contributed by atoms with Crippen molar-refractivity contribution >= 4 is 11.8 Å². The van der Waals surface area contributed by atoms with Gasteiger partial charge in [0.25, 0.3) is 0 Å². The fraction of sp³-hybridized carbons (Fsp3) is 0.714. The van der Waals surface area contributed by atoms with Crippen LogP contribution in [-0.2, 0) is 9.59 Å². The Bertz CT molecular complexity index is 500. The van der Waals surface area contributed by atoms with Crippen molar-refractivity contribution in [1.82, 2.24) is 0 Å². The van der Waals surface area contributed by atoms with Gasteiger partial charge in [-0.05, 0) is 37.5 Å². The largest absolute Gasteiger partial charge is 0.481 e. The van der Waals surface area contributed by atoms with E-state index >= 15 is 0 Å². The fourth-order valence-corrected chi connectivity index (χ4v) is 3.49. The highest BCUT2D eigenvalue weighted by molar-refractivity contribution is 5.84. The monoisotopic (exact) mass is 368 g/mol. The number of carbonyl (C=O) groups is 2. The van der Waals surface area contributed by atoms with Crippen molar-refractivity contribution in [3.63, 3.8) is 0 Å². The van der Waals surface area contributed by atoms with Gasteiger partial charge in [-0.25, -0.2) is 4.39 Å². The zero-order chi connectivity index (χ0) is 19.5. The first kappa shape index (κ1) is 22.6. The number of Topliss-reactive ketones (excluding diaryl/α,β-unsaturated/α-hetero) is 1. The second-order valence-electron chi connectivity index (χ2n) is 7.36. The van der Waals surface area contributed by atoms with E-state index in [0.29, 0.717) is 32.1 Å². The number of alkyl halides is 1. The highest BCUT2D eigenvalue weighted by atomic mass is 19.1. The maximum absolute atomic E-state index is 13.9. The summed E-state index contributed by atoms with van der Waals surface area (Å²) in [7, 11) is 0. The molecule has 0 heterocycles. The summed E-state index contributed by atoms with van der Waals surface area (Å²) in [6, 6.07) is 0. The van der Waals surface area contributed by atoms with Crippen LogP contribution in [0.1, 0.15) is 65.2 Å². The number of hydrogen-bond donors (Lipinski definition) is 2. The predicted molar refractivity (Wildman–Crippen MR) is 101 cm³/mol. The van der Waals surface area contributed by atoms with E-state index in [4.69, 9.17) is 5.11 Å². The van der Waals surface area contributed by atoms with Gasteiger partial charge in [0, 0.05) is 18.8 Å². The van der Waals surface area contributed by atoms with Crippen molar-refractivity contribution in [1.29, 1.82) is 0 Å². The number of carboxylic acid groups (broad SMARTS) is 1. The van der Waals surface area contributed by atoms with Gasteiger partial charge in [-0.2, -0.15) is 0 Å². The highest BCUT2D eigenvalue weighted by Gasteiger charge is 2.37. The van der Waals surface area contributed by atoms with E-state index in [9.17, 15) is 19.1 Å². The standard InChI is InChI=1S/C21H33FO4/c1-3-4-10-18(22)19(23)13-12-16-15(2)14-20(24)17(16)9-7-5-6-8-11-21(25)26/h5,7,12-13,15-19,23H,3-4,6,8-11,14H2,1-2H3,(H,25,26)/b7-5-,13-12+/t15-,16+,17-,18-,19-/m1/s1. The molecule has 26 heavy (non-hydrogen) atoms. The molecule has 5 heteroatoms. The Hall–Kier alpha value is -1.49. The number of halogens is 1. The van der Waals surface area contributed by atoms with Crippen LogP contribution in [0.25, 0.3) is 0 Å². The minimum absolute atomic E-state index is 0.0131. The lowest BCUT2D eigenvalue weighted by Crippen LogP contribution is -2.21. The van der Waals surface area contributed by atoms with Gasteiger partial charge in [-0.15, -0.1) is 0 Å². The van der Waals surface area contributed by atoms with E-state index in [0.717, 1.165) is 12.8 Å². The first-order valence-electron chi connectivity index (χ1n) is 9.76. The Balaban J connectivity index is 2.55. The topological polar surface area (TPSA) is 74.6 Å². The number of carbonyl (C=O) groups excluding carboxylic acids is 1. The summed E-state index contributed by atoms with van der Waals surface area (Å²) in [4.78, 5) is 22.7. The Labute approximate surface area is 156 Å². The predicted octanol–water partition coefficient (Wildman–Crippen LogP) is 4.47. The van der Waals surface area contributed by atoms with Crippen LogP contribution in [-0.4, -0.2) is 34.2 Å². The van der Waals surface area contributed by atoms with Crippen LogP contribution in [0.3, 0.4) is 0 Å². The molecule has 0 radical (unpaired) electrons. The van der Waals surface area contributed by atoms with Crippen molar-refractivity contribution in [3.8, 4) is 0 Å². The Morgan fingerprint density at radius 3 is 2.73 bits per heavy atom. The lowest BCUT2D eigenvalue weighted by atomic mass is 9.87. The molecule has 0 bridgehead atoms. The maximum Gasteiger partial charge on any atom is 0.303 e. The quantitative estimate of drug-likeness (QED) is 0.393. The summed E-state index contributed by atoms with van der Waals surface area (Å²) < 4.78 is 13.9. The van der Waals surface area contributed by atoms with E-state index in [1.165, 1.54) is 6.08 Å². The maximum atomic E-state index is 13.9. The molecule has 0 spiro atoms. The number of unbranched alkanes of at least 4 members (excludes halogenated alkanes) is 2. The van der Waals surface area contributed by atoms with E-state index in [1.807, 2.05) is 32.1 Å². The molecule has 148 valence electrons. The first-order chi connectivity index (χ1) is 12.4. The van der Waals surface area contributed by atoms with Crippen LogP contribution in [0.4, 0.5) is 4.39 Å². The third-order valence-electron chi connectivity index (χ3n) is 5.11. The summed E-state index contributed by atoms with van der Waals surface area (Å²) in [6.45, 7) is 4.00. The first-order valence-corrected chi connectivity index (χ1v) is 9.76. The summed E-state index contributed by atoms with van der Waals surface area (Å²) in [5.41, 5.74) is 0. The number of aliphatic hydroxyl groups excluding tert-OH is 1. The molecule has 0 aliphatic heterocycles. The number of hydrogen-bond acceptors (Lipinski definition) is 3. The molecule has 5 atom stereocenters. The number of aliphatic carboxylic acids is 1. The van der Waals surface area contributed by atoms with Gasteiger partial charge in [0.05, 0.1) is 0 Å². The number of rotatable bonds is 12. The smallest absolute Gasteiger partial charge is 0.303 e. The van der Waals surface area contributed by atoms with E-state index < -0.39 is 18.2 Å². The van der Waals surface area contributed by atoms with E-state index in [2.05, 4.69) is 0 Å². The van der Waals surface area contributed by atoms with Gasteiger partial charge in [0.2, 0.25) is 0 Å².